The van der Waals surface area contributed by atoms with Gasteiger partial charge in [-0.1, -0.05) is 29.8 Å². The zero-order chi connectivity index (χ0) is 21.1. The van der Waals surface area contributed by atoms with Gasteiger partial charge >= 0.3 is 0 Å². The van der Waals surface area contributed by atoms with E-state index < -0.39 is 0 Å². The molecule has 2 aromatic carbocycles. The number of rotatable bonds is 6. The third kappa shape index (κ3) is 4.70. The van der Waals surface area contributed by atoms with Crippen LogP contribution < -0.4 is 15.5 Å². The highest BCUT2D eigenvalue weighted by Crippen LogP contribution is 2.26. The summed E-state index contributed by atoms with van der Waals surface area (Å²) in [5.74, 6) is 1.49. The van der Waals surface area contributed by atoms with Crippen LogP contribution in [0.4, 0.5) is 16.2 Å². The number of nitrogens with one attached hydrogen (secondary N) is 2. The van der Waals surface area contributed by atoms with Crippen LogP contribution in [0.5, 0.6) is 0 Å². The van der Waals surface area contributed by atoms with Gasteiger partial charge in [-0.05, 0) is 50.8 Å². The van der Waals surface area contributed by atoms with E-state index in [1.807, 2.05) is 56.3 Å². The van der Waals surface area contributed by atoms with E-state index in [1.54, 1.807) is 6.07 Å². The number of benzene rings is 2. The minimum absolute atomic E-state index is 0.131. The SMILES string of the molecule is Cc1ccc(F)c(CN[C@H]2CC[C@@H](Nc3nc(N(C)C)c4ccccc4n3)CC2)c1. The van der Waals surface area contributed by atoms with Gasteiger partial charge in [-0.25, -0.2) is 9.37 Å². The highest BCUT2D eigenvalue weighted by molar-refractivity contribution is 5.90. The van der Waals surface area contributed by atoms with Crippen molar-refractivity contribution in [2.45, 2.75) is 51.2 Å². The standard InChI is InChI=1S/C24H30FN5/c1-16-8-13-21(25)17(14-16)15-26-18-9-11-19(12-10-18)27-24-28-22-7-5-4-6-20(22)23(29-24)30(2)3/h4-8,13-14,18-19,26H,9-12,15H2,1-3H3,(H,27,28,29)/t18-,19+. The summed E-state index contributed by atoms with van der Waals surface area (Å²) in [5, 5.41) is 8.13. The molecule has 1 aliphatic carbocycles. The second kappa shape index (κ2) is 8.96. The number of anilines is 2. The largest absolute Gasteiger partial charge is 0.362 e. The van der Waals surface area contributed by atoms with Gasteiger partial charge in [-0.2, -0.15) is 4.98 Å². The third-order valence-corrected chi connectivity index (χ3v) is 5.85. The molecule has 158 valence electrons. The summed E-state index contributed by atoms with van der Waals surface area (Å²) in [6.45, 7) is 2.58. The molecule has 0 spiro atoms. The second-order valence-electron chi connectivity index (χ2n) is 8.45. The van der Waals surface area contributed by atoms with E-state index in [1.165, 1.54) is 0 Å². The predicted octanol–water partition coefficient (Wildman–Crippen LogP) is 4.66. The lowest BCUT2D eigenvalue weighted by Gasteiger charge is -2.30. The molecular formula is C24H30FN5. The molecule has 0 saturated heterocycles. The highest BCUT2D eigenvalue weighted by Gasteiger charge is 2.22. The first-order chi connectivity index (χ1) is 14.5. The van der Waals surface area contributed by atoms with E-state index in [9.17, 15) is 4.39 Å². The number of hydrogen-bond acceptors (Lipinski definition) is 5. The van der Waals surface area contributed by atoms with Crippen LogP contribution in [0.25, 0.3) is 10.9 Å². The first kappa shape index (κ1) is 20.5. The molecule has 0 aliphatic heterocycles. The lowest BCUT2D eigenvalue weighted by atomic mass is 9.91. The Balaban J connectivity index is 1.35. The van der Waals surface area contributed by atoms with E-state index in [4.69, 9.17) is 9.97 Å². The van der Waals surface area contributed by atoms with Crippen molar-refractivity contribution in [2.24, 2.45) is 0 Å². The zero-order valence-electron chi connectivity index (χ0n) is 18.0. The smallest absolute Gasteiger partial charge is 0.225 e. The molecule has 0 bridgehead atoms. The van der Waals surface area contributed by atoms with Crippen molar-refractivity contribution in [3.05, 3.63) is 59.4 Å². The topological polar surface area (TPSA) is 53.1 Å². The molecule has 1 heterocycles. The molecule has 30 heavy (non-hydrogen) atoms. The fourth-order valence-corrected chi connectivity index (χ4v) is 4.18. The van der Waals surface area contributed by atoms with Crippen LogP contribution in [0.3, 0.4) is 0 Å². The number of aromatic nitrogens is 2. The number of aryl methyl sites for hydroxylation is 1. The van der Waals surface area contributed by atoms with Crippen LogP contribution in [0.15, 0.2) is 42.5 Å². The van der Waals surface area contributed by atoms with E-state index in [0.717, 1.165) is 53.5 Å². The van der Waals surface area contributed by atoms with Gasteiger partial charge in [0.2, 0.25) is 5.95 Å². The number of nitrogens with zero attached hydrogens (tertiary/aromatic N) is 3. The van der Waals surface area contributed by atoms with Gasteiger partial charge in [0.1, 0.15) is 11.6 Å². The first-order valence-corrected chi connectivity index (χ1v) is 10.7. The molecule has 0 atom stereocenters. The number of para-hydroxylation sites is 1. The molecule has 5 nitrogen and oxygen atoms in total. The third-order valence-electron chi connectivity index (χ3n) is 5.85. The van der Waals surface area contributed by atoms with Crippen LogP contribution in [-0.2, 0) is 6.54 Å². The molecule has 4 rings (SSSR count). The Morgan fingerprint density at radius 3 is 2.50 bits per heavy atom. The van der Waals surface area contributed by atoms with Gasteiger partial charge in [0.05, 0.1) is 5.52 Å². The summed E-state index contributed by atoms with van der Waals surface area (Å²) >= 11 is 0. The van der Waals surface area contributed by atoms with Crippen molar-refractivity contribution in [3.63, 3.8) is 0 Å². The summed E-state index contributed by atoms with van der Waals surface area (Å²) in [5.41, 5.74) is 2.79. The summed E-state index contributed by atoms with van der Waals surface area (Å²) < 4.78 is 14.0. The Morgan fingerprint density at radius 2 is 1.73 bits per heavy atom. The quantitative estimate of drug-likeness (QED) is 0.623. The Bertz CT molecular complexity index is 1010. The Morgan fingerprint density at radius 1 is 1.00 bits per heavy atom. The molecule has 1 saturated carbocycles. The number of hydrogen-bond donors (Lipinski definition) is 2. The van der Waals surface area contributed by atoms with Crippen LogP contribution in [0.2, 0.25) is 0 Å². The van der Waals surface area contributed by atoms with Gasteiger partial charge in [0, 0.05) is 43.7 Å². The zero-order valence-corrected chi connectivity index (χ0v) is 18.0. The highest BCUT2D eigenvalue weighted by atomic mass is 19.1. The molecule has 6 heteroatoms. The fraction of sp³-hybridized carbons (Fsp3) is 0.417. The maximum atomic E-state index is 14.0. The molecule has 1 fully saturated rings. The fourth-order valence-electron chi connectivity index (χ4n) is 4.18. The minimum atomic E-state index is -0.131. The van der Waals surface area contributed by atoms with Crippen molar-refractivity contribution in [3.8, 4) is 0 Å². The second-order valence-corrected chi connectivity index (χ2v) is 8.45. The van der Waals surface area contributed by atoms with E-state index in [2.05, 4.69) is 16.7 Å². The van der Waals surface area contributed by atoms with Crippen molar-refractivity contribution in [1.82, 2.24) is 15.3 Å². The molecule has 0 radical (unpaired) electrons. The van der Waals surface area contributed by atoms with Gasteiger partial charge < -0.3 is 15.5 Å². The molecule has 2 N–H and O–H groups in total. The Hall–Kier alpha value is -2.73. The van der Waals surface area contributed by atoms with E-state index in [-0.39, 0.29) is 5.82 Å². The molecule has 0 amide bonds. The molecule has 3 aromatic rings. The van der Waals surface area contributed by atoms with E-state index in [0.29, 0.717) is 24.6 Å². The number of fused-ring (bicyclic) bond motifs is 1. The van der Waals surface area contributed by atoms with Gasteiger partial charge in [0.25, 0.3) is 0 Å². The monoisotopic (exact) mass is 407 g/mol. The molecule has 1 aliphatic rings. The predicted molar refractivity (Wildman–Crippen MR) is 122 cm³/mol. The number of halogens is 1. The van der Waals surface area contributed by atoms with Crippen LogP contribution >= 0.6 is 0 Å². The van der Waals surface area contributed by atoms with Crippen LogP contribution in [-0.4, -0.2) is 36.1 Å². The average Bonchev–Trinajstić information content (AvgIpc) is 2.74. The van der Waals surface area contributed by atoms with Crippen molar-refractivity contribution >= 4 is 22.7 Å². The van der Waals surface area contributed by atoms with Crippen molar-refractivity contribution < 1.29 is 4.39 Å². The molecular weight excluding hydrogens is 377 g/mol. The minimum Gasteiger partial charge on any atom is -0.362 e. The van der Waals surface area contributed by atoms with Crippen molar-refractivity contribution in [1.29, 1.82) is 0 Å². The van der Waals surface area contributed by atoms with Gasteiger partial charge in [0.15, 0.2) is 0 Å². The van der Waals surface area contributed by atoms with Crippen LogP contribution in [0.1, 0.15) is 36.8 Å². The summed E-state index contributed by atoms with van der Waals surface area (Å²) in [7, 11) is 4.01. The normalized spacial score (nSPS) is 19.1. The maximum absolute atomic E-state index is 14.0. The first-order valence-electron chi connectivity index (χ1n) is 10.7. The lowest BCUT2D eigenvalue weighted by molar-refractivity contribution is 0.350. The Labute approximate surface area is 177 Å². The summed E-state index contributed by atoms with van der Waals surface area (Å²) in [6, 6.07) is 14.2. The maximum Gasteiger partial charge on any atom is 0.225 e. The molecule has 0 unspecified atom stereocenters. The average molecular weight is 408 g/mol. The van der Waals surface area contributed by atoms with Gasteiger partial charge in [-0.3, -0.25) is 0 Å². The van der Waals surface area contributed by atoms with Crippen LogP contribution in [0, 0.1) is 12.7 Å². The summed E-state index contributed by atoms with van der Waals surface area (Å²) in [4.78, 5) is 11.5. The molecule has 1 aromatic heterocycles. The van der Waals surface area contributed by atoms with E-state index >= 15 is 0 Å². The van der Waals surface area contributed by atoms with Crippen molar-refractivity contribution in [2.75, 3.05) is 24.3 Å². The Kier molecular flexibility index (Phi) is 6.13. The van der Waals surface area contributed by atoms with Gasteiger partial charge in [-0.15, -0.1) is 0 Å². The lowest BCUT2D eigenvalue weighted by Crippen LogP contribution is -2.37. The summed E-state index contributed by atoms with van der Waals surface area (Å²) in [6.07, 6.45) is 4.20.